The number of hydrogen-bond acceptors (Lipinski definition) is 3. The van der Waals surface area contributed by atoms with Gasteiger partial charge in [0.1, 0.15) is 5.69 Å². The molecule has 0 aliphatic heterocycles. The van der Waals surface area contributed by atoms with Crippen molar-refractivity contribution in [2.45, 2.75) is 13.8 Å². The second-order valence-corrected chi connectivity index (χ2v) is 5.52. The zero-order valence-electron chi connectivity index (χ0n) is 13.6. The third-order valence-electron chi connectivity index (χ3n) is 3.69. The van der Waals surface area contributed by atoms with Crippen LogP contribution in [0.1, 0.15) is 21.6 Å². The molecule has 0 fully saturated rings. The van der Waals surface area contributed by atoms with Crippen molar-refractivity contribution in [2.24, 2.45) is 10.2 Å². The van der Waals surface area contributed by atoms with Crippen LogP contribution in [0.15, 0.2) is 71.0 Å². The van der Waals surface area contributed by atoms with Crippen LogP contribution in [-0.2, 0) is 0 Å². The largest absolute Gasteiger partial charge is 0.357 e. The Hall–Kier alpha value is -3.21. The highest BCUT2D eigenvalue weighted by molar-refractivity contribution is 6.03. The van der Waals surface area contributed by atoms with Crippen molar-refractivity contribution in [1.82, 2.24) is 4.98 Å². The Bertz CT molecular complexity index is 882. The first-order chi connectivity index (χ1) is 11.6. The van der Waals surface area contributed by atoms with Crippen molar-refractivity contribution >= 4 is 23.0 Å². The van der Waals surface area contributed by atoms with E-state index in [1.807, 2.05) is 56.3 Å². The highest BCUT2D eigenvalue weighted by atomic mass is 16.1. The summed E-state index contributed by atoms with van der Waals surface area (Å²) in [6, 6.07) is 16.9. The number of rotatable bonds is 4. The van der Waals surface area contributed by atoms with Crippen molar-refractivity contribution in [2.75, 3.05) is 5.32 Å². The molecule has 1 aromatic heterocycles. The molecule has 0 aliphatic rings. The Morgan fingerprint density at radius 2 is 1.79 bits per heavy atom. The number of amides is 1. The average Bonchev–Trinajstić information content (AvgIpc) is 3.11. The molecule has 0 saturated heterocycles. The van der Waals surface area contributed by atoms with Crippen LogP contribution < -0.4 is 5.32 Å². The Morgan fingerprint density at radius 1 is 0.958 bits per heavy atom. The van der Waals surface area contributed by atoms with Crippen LogP contribution in [0.25, 0.3) is 0 Å². The highest BCUT2D eigenvalue weighted by Crippen LogP contribution is 2.25. The van der Waals surface area contributed by atoms with Crippen LogP contribution in [0.2, 0.25) is 0 Å². The number of aromatic amines is 1. The third kappa shape index (κ3) is 3.57. The molecule has 0 saturated carbocycles. The number of nitrogens with one attached hydrogen (secondary N) is 2. The lowest BCUT2D eigenvalue weighted by Crippen LogP contribution is -2.12. The first-order valence-corrected chi connectivity index (χ1v) is 7.66. The maximum atomic E-state index is 12.1. The molecule has 0 spiro atoms. The molecule has 0 unspecified atom stereocenters. The molecule has 5 nitrogen and oxygen atoms in total. The molecule has 1 amide bonds. The van der Waals surface area contributed by atoms with Crippen molar-refractivity contribution in [3.8, 4) is 0 Å². The molecule has 3 rings (SSSR count). The molecule has 1 heterocycles. The lowest BCUT2D eigenvalue weighted by Gasteiger charge is -2.08. The van der Waals surface area contributed by atoms with E-state index >= 15 is 0 Å². The van der Waals surface area contributed by atoms with Gasteiger partial charge in [-0.15, -0.1) is 0 Å². The van der Waals surface area contributed by atoms with Crippen molar-refractivity contribution < 1.29 is 4.79 Å². The predicted molar refractivity (Wildman–Crippen MR) is 95.3 cm³/mol. The Labute approximate surface area is 140 Å². The van der Waals surface area contributed by atoms with Gasteiger partial charge in [0, 0.05) is 11.9 Å². The number of benzene rings is 2. The lowest BCUT2D eigenvalue weighted by molar-refractivity contribution is 0.102. The fourth-order valence-corrected chi connectivity index (χ4v) is 2.30. The van der Waals surface area contributed by atoms with E-state index in [0.29, 0.717) is 5.69 Å². The van der Waals surface area contributed by atoms with E-state index in [4.69, 9.17) is 0 Å². The van der Waals surface area contributed by atoms with E-state index < -0.39 is 0 Å². The van der Waals surface area contributed by atoms with Crippen molar-refractivity contribution in [1.29, 1.82) is 0 Å². The summed E-state index contributed by atoms with van der Waals surface area (Å²) < 4.78 is 0. The molecule has 3 aromatic rings. The summed E-state index contributed by atoms with van der Waals surface area (Å²) in [6.45, 7) is 3.93. The van der Waals surface area contributed by atoms with E-state index in [2.05, 4.69) is 20.5 Å². The van der Waals surface area contributed by atoms with E-state index in [1.165, 1.54) is 0 Å². The predicted octanol–water partition coefficient (Wildman–Crippen LogP) is 5.30. The van der Waals surface area contributed by atoms with Gasteiger partial charge >= 0.3 is 0 Å². The summed E-state index contributed by atoms with van der Waals surface area (Å²) in [4.78, 5) is 15.0. The summed E-state index contributed by atoms with van der Waals surface area (Å²) in [5.74, 6) is -0.169. The van der Waals surface area contributed by atoms with Gasteiger partial charge in [-0.1, -0.05) is 18.2 Å². The van der Waals surface area contributed by atoms with Crippen LogP contribution in [0.3, 0.4) is 0 Å². The van der Waals surface area contributed by atoms with E-state index in [-0.39, 0.29) is 5.91 Å². The van der Waals surface area contributed by atoms with Crippen LogP contribution in [0, 0.1) is 13.8 Å². The van der Waals surface area contributed by atoms with Crippen LogP contribution in [0.5, 0.6) is 0 Å². The SMILES string of the molecule is Cc1ccccc1N=Nc1ccc(NC(=O)c2ccc[nH]2)c(C)c1. The second kappa shape index (κ2) is 6.91. The van der Waals surface area contributed by atoms with Gasteiger partial charge in [0.05, 0.1) is 11.4 Å². The van der Waals surface area contributed by atoms with Gasteiger partial charge in [0.25, 0.3) is 5.91 Å². The fraction of sp³-hybridized carbons (Fsp3) is 0.105. The molecule has 24 heavy (non-hydrogen) atoms. The zero-order valence-corrected chi connectivity index (χ0v) is 13.6. The summed E-state index contributed by atoms with van der Waals surface area (Å²) in [6.07, 6.45) is 1.72. The minimum Gasteiger partial charge on any atom is -0.357 e. The first-order valence-electron chi connectivity index (χ1n) is 7.66. The number of H-pyrrole nitrogens is 1. The number of nitrogens with zero attached hydrogens (tertiary/aromatic N) is 2. The van der Waals surface area contributed by atoms with Gasteiger partial charge < -0.3 is 10.3 Å². The minimum absolute atomic E-state index is 0.169. The summed E-state index contributed by atoms with van der Waals surface area (Å²) >= 11 is 0. The van der Waals surface area contributed by atoms with E-state index in [1.54, 1.807) is 18.3 Å². The standard InChI is InChI=1S/C19H18N4O/c1-13-6-3-4-7-17(13)23-22-15-9-10-16(14(2)12-15)21-19(24)18-8-5-11-20-18/h3-12,20H,1-2H3,(H,21,24). The van der Waals surface area contributed by atoms with Gasteiger partial charge in [0.15, 0.2) is 0 Å². The molecule has 0 aliphatic carbocycles. The zero-order chi connectivity index (χ0) is 16.9. The van der Waals surface area contributed by atoms with Crippen molar-refractivity contribution in [3.05, 3.63) is 77.6 Å². The number of anilines is 1. The van der Waals surface area contributed by atoms with Crippen LogP contribution in [-0.4, -0.2) is 10.9 Å². The quantitative estimate of drug-likeness (QED) is 0.630. The number of hydrogen-bond donors (Lipinski definition) is 2. The third-order valence-corrected chi connectivity index (χ3v) is 3.69. The van der Waals surface area contributed by atoms with E-state index in [0.717, 1.165) is 28.2 Å². The number of aryl methyl sites for hydroxylation is 2. The Balaban J connectivity index is 1.75. The molecular weight excluding hydrogens is 300 g/mol. The molecular formula is C19H18N4O. The molecule has 5 heteroatoms. The summed E-state index contributed by atoms with van der Waals surface area (Å²) in [5, 5.41) is 11.4. The molecule has 0 radical (unpaired) electrons. The summed E-state index contributed by atoms with van der Waals surface area (Å²) in [7, 11) is 0. The number of carbonyl (C=O) groups is 1. The number of aromatic nitrogens is 1. The fourth-order valence-electron chi connectivity index (χ4n) is 2.30. The Morgan fingerprint density at radius 3 is 2.50 bits per heavy atom. The maximum Gasteiger partial charge on any atom is 0.272 e. The number of carbonyl (C=O) groups excluding carboxylic acids is 1. The molecule has 120 valence electrons. The van der Waals surface area contributed by atoms with Gasteiger partial charge in [-0.3, -0.25) is 4.79 Å². The van der Waals surface area contributed by atoms with Crippen LogP contribution in [0.4, 0.5) is 17.1 Å². The van der Waals surface area contributed by atoms with Crippen molar-refractivity contribution in [3.63, 3.8) is 0 Å². The lowest BCUT2D eigenvalue weighted by atomic mass is 10.1. The molecule has 2 aromatic carbocycles. The second-order valence-electron chi connectivity index (χ2n) is 5.52. The monoisotopic (exact) mass is 318 g/mol. The Kier molecular flexibility index (Phi) is 4.52. The van der Waals surface area contributed by atoms with Gasteiger partial charge in [-0.05, 0) is 61.4 Å². The van der Waals surface area contributed by atoms with Gasteiger partial charge in [-0.25, -0.2) is 0 Å². The maximum absolute atomic E-state index is 12.1. The van der Waals surface area contributed by atoms with Crippen LogP contribution >= 0.6 is 0 Å². The van der Waals surface area contributed by atoms with Gasteiger partial charge in [0.2, 0.25) is 0 Å². The minimum atomic E-state index is -0.169. The smallest absolute Gasteiger partial charge is 0.272 e. The average molecular weight is 318 g/mol. The first kappa shape index (κ1) is 15.7. The van der Waals surface area contributed by atoms with Gasteiger partial charge in [-0.2, -0.15) is 10.2 Å². The molecule has 0 bridgehead atoms. The van der Waals surface area contributed by atoms with E-state index in [9.17, 15) is 4.79 Å². The number of azo groups is 1. The topological polar surface area (TPSA) is 69.6 Å². The summed E-state index contributed by atoms with van der Waals surface area (Å²) in [5.41, 5.74) is 4.87. The molecule has 2 N–H and O–H groups in total. The molecule has 0 atom stereocenters. The normalized spacial score (nSPS) is 10.9. The highest BCUT2D eigenvalue weighted by Gasteiger charge is 2.08.